The first-order valence-electron chi connectivity index (χ1n) is 9.89. The summed E-state index contributed by atoms with van der Waals surface area (Å²) in [6.45, 7) is 2.15. The van der Waals surface area contributed by atoms with Crippen molar-refractivity contribution in [3.8, 4) is 0 Å². The number of hydrogen-bond acceptors (Lipinski definition) is 1. The molecule has 0 bridgehead atoms. The molecule has 0 spiro atoms. The number of allylic oxidation sites excluding steroid dienone is 12. The van der Waals surface area contributed by atoms with Gasteiger partial charge in [0.2, 0.25) is 0 Å². The topological polar surface area (TPSA) is 37.3 Å². The Bertz CT molecular complexity index is 490. The molecular formula is C24H36O2. The summed E-state index contributed by atoms with van der Waals surface area (Å²) in [5.41, 5.74) is 0. The van der Waals surface area contributed by atoms with E-state index in [2.05, 4.69) is 79.8 Å². The zero-order valence-electron chi connectivity index (χ0n) is 16.4. The van der Waals surface area contributed by atoms with Crippen LogP contribution in [0.4, 0.5) is 0 Å². The molecule has 0 unspecified atom stereocenters. The molecule has 0 aliphatic rings. The van der Waals surface area contributed by atoms with Gasteiger partial charge in [-0.2, -0.15) is 0 Å². The van der Waals surface area contributed by atoms with E-state index in [0.29, 0.717) is 0 Å². The van der Waals surface area contributed by atoms with Crippen LogP contribution in [0.15, 0.2) is 72.9 Å². The van der Waals surface area contributed by atoms with Crippen LogP contribution in [0.3, 0.4) is 0 Å². The van der Waals surface area contributed by atoms with Crippen molar-refractivity contribution in [3.63, 3.8) is 0 Å². The number of carboxylic acid groups (broad SMARTS) is 1. The predicted octanol–water partition coefficient (Wildman–Crippen LogP) is 7.33. The Morgan fingerprint density at radius 2 is 1.00 bits per heavy atom. The van der Waals surface area contributed by atoms with Crippen LogP contribution in [-0.4, -0.2) is 11.1 Å². The van der Waals surface area contributed by atoms with Crippen LogP contribution in [0.2, 0.25) is 0 Å². The molecule has 0 saturated heterocycles. The zero-order valence-corrected chi connectivity index (χ0v) is 16.4. The first-order valence-corrected chi connectivity index (χ1v) is 9.89. The van der Waals surface area contributed by atoms with E-state index < -0.39 is 5.97 Å². The molecule has 2 heteroatoms. The monoisotopic (exact) mass is 356 g/mol. The average Bonchev–Trinajstić information content (AvgIpc) is 2.62. The quantitative estimate of drug-likeness (QED) is 0.232. The molecular weight excluding hydrogens is 320 g/mol. The minimum atomic E-state index is -0.701. The molecule has 0 heterocycles. The normalized spacial score (nSPS) is 13.0. The second-order valence-corrected chi connectivity index (χ2v) is 6.05. The minimum Gasteiger partial charge on any atom is -0.481 e. The third-order valence-corrected chi connectivity index (χ3v) is 3.61. The molecule has 144 valence electrons. The molecule has 0 amide bonds. The van der Waals surface area contributed by atoms with Gasteiger partial charge in [-0.15, -0.1) is 0 Å². The maximum atomic E-state index is 10.4. The van der Waals surface area contributed by atoms with Crippen LogP contribution in [-0.2, 0) is 4.79 Å². The fourth-order valence-corrected chi connectivity index (χ4v) is 2.18. The van der Waals surface area contributed by atoms with E-state index in [0.717, 1.165) is 57.8 Å². The van der Waals surface area contributed by atoms with Crippen LogP contribution < -0.4 is 0 Å². The fourth-order valence-electron chi connectivity index (χ4n) is 2.18. The maximum Gasteiger partial charge on any atom is 0.303 e. The SMILES string of the molecule is CCC=CCC=CCC=CCC=CCC=CCC=CCCCCC(=O)O. The molecule has 1 N–H and O–H groups in total. The van der Waals surface area contributed by atoms with E-state index in [9.17, 15) is 4.79 Å². The first-order chi connectivity index (χ1) is 12.8. The Hall–Kier alpha value is -2.09. The summed E-state index contributed by atoms with van der Waals surface area (Å²) in [4.78, 5) is 10.4. The average molecular weight is 357 g/mol. The fraction of sp³-hybridized carbons (Fsp3) is 0.458. The number of carboxylic acids is 1. The van der Waals surface area contributed by atoms with Gasteiger partial charge in [0, 0.05) is 6.42 Å². The van der Waals surface area contributed by atoms with Crippen molar-refractivity contribution < 1.29 is 9.90 Å². The molecule has 26 heavy (non-hydrogen) atoms. The summed E-state index contributed by atoms with van der Waals surface area (Å²) in [5, 5.41) is 8.53. The number of hydrogen-bond donors (Lipinski definition) is 1. The molecule has 0 saturated carbocycles. The van der Waals surface area contributed by atoms with Gasteiger partial charge in [0.15, 0.2) is 0 Å². The lowest BCUT2D eigenvalue weighted by Crippen LogP contribution is -1.92. The molecule has 0 aromatic heterocycles. The first kappa shape index (κ1) is 23.9. The van der Waals surface area contributed by atoms with E-state index in [1.807, 2.05) is 0 Å². The van der Waals surface area contributed by atoms with Crippen LogP contribution in [0.1, 0.15) is 71.1 Å². The van der Waals surface area contributed by atoms with E-state index in [1.54, 1.807) is 0 Å². The summed E-state index contributed by atoms with van der Waals surface area (Å²) < 4.78 is 0. The van der Waals surface area contributed by atoms with E-state index >= 15 is 0 Å². The number of unbranched alkanes of at least 4 members (excludes halogenated alkanes) is 2. The Morgan fingerprint density at radius 3 is 1.38 bits per heavy atom. The van der Waals surface area contributed by atoms with E-state index in [4.69, 9.17) is 5.11 Å². The van der Waals surface area contributed by atoms with E-state index in [1.165, 1.54) is 0 Å². The van der Waals surface area contributed by atoms with Crippen molar-refractivity contribution in [3.05, 3.63) is 72.9 Å². The standard InChI is InChI=1S/C24H36O2/c1-2-3-4-5-6-7-8-9-10-11-12-13-14-15-16-17-18-19-20-21-22-23-24(25)26/h3-4,6-7,9-10,12-13,15-16,18-19H,2,5,8,11,14,17,20-23H2,1H3,(H,25,26). The van der Waals surface area contributed by atoms with Gasteiger partial charge in [0.25, 0.3) is 0 Å². The Kier molecular flexibility index (Phi) is 19.3. The third kappa shape index (κ3) is 21.9. The smallest absolute Gasteiger partial charge is 0.303 e. The summed E-state index contributed by atoms with van der Waals surface area (Å²) in [6, 6.07) is 0. The Morgan fingerprint density at radius 1 is 0.615 bits per heavy atom. The number of rotatable bonds is 16. The van der Waals surface area contributed by atoms with Gasteiger partial charge in [-0.3, -0.25) is 4.79 Å². The highest BCUT2D eigenvalue weighted by molar-refractivity contribution is 5.66. The highest BCUT2D eigenvalue weighted by Crippen LogP contribution is 2.02. The molecule has 0 rings (SSSR count). The molecule has 0 aromatic rings. The van der Waals surface area contributed by atoms with Gasteiger partial charge in [0.05, 0.1) is 0 Å². The summed E-state index contributed by atoms with van der Waals surface area (Å²) in [5.74, 6) is -0.701. The lowest BCUT2D eigenvalue weighted by Gasteiger charge is -1.92. The zero-order chi connectivity index (χ0) is 19.1. The predicted molar refractivity (Wildman–Crippen MR) is 114 cm³/mol. The van der Waals surface area contributed by atoms with Crippen LogP contribution >= 0.6 is 0 Å². The Balaban J connectivity index is 3.48. The highest BCUT2D eigenvalue weighted by atomic mass is 16.4. The number of carbonyl (C=O) groups is 1. The number of aliphatic carboxylic acids is 1. The molecule has 0 fully saturated rings. The Labute approximate surface area is 160 Å². The summed E-state index contributed by atoms with van der Waals surface area (Å²) in [7, 11) is 0. The molecule has 0 radical (unpaired) electrons. The van der Waals surface area contributed by atoms with Crippen LogP contribution in [0.5, 0.6) is 0 Å². The van der Waals surface area contributed by atoms with Crippen molar-refractivity contribution in [2.45, 2.75) is 71.1 Å². The summed E-state index contributed by atoms with van der Waals surface area (Å²) in [6.07, 6.45) is 35.3. The van der Waals surface area contributed by atoms with Crippen molar-refractivity contribution in [1.29, 1.82) is 0 Å². The second kappa shape index (κ2) is 21.0. The summed E-state index contributed by atoms with van der Waals surface area (Å²) >= 11 is 0. The van der Waals surface area contributed by atoms with Crippen molar-refractivity contribution in [1.82, 2.24) is 0 Å². The van der Waals surface area contributed by atoms with Crippen molar-refractivity contribution >= 4 is 5.97 Å². The van der Waals surface area contributed by atoms with Crippen LogP contribution in [0, 0.1) is 0 Å². The van der Waals surface area contributed by atoms with Crippen molar-refractivity contribution in [2.24, 2.45) is 0 Å². The molecule has 0 aliphatic carbocycles. The van der Waals surface area contributed by atoms with Gasteiger partial charge in [0.1, 0.15) is 0 Å². The molecule has 0 aliphatic heterocycles. The van der Waals surface area contributed by atoms with Crippen molar-refractivity contribution in [2.75, 3.05) is 0 Å². The van der Waals surface area contributed by atoms with Gasteiger partial charge >= 0.3 is 5.97 Å². The third-order valence-electron chi connectivity index (χ3n) is 3.61. The lowest BCUT2D eigenvalue weighted by atomic mass is 10.2. The second-order valence-electron chi connectivity index (χ2n) is 6.05. The molecule has 0 atom stereocenters. The van der Waals surface area contributed by atoms with E-state index in [-0.39, 0.29) is 6.42 Å². The maximum absolute atomic E-state index is 10.4. The molecule has 2 nitrogen and oxygen atoms in total. The minimum absolute atomic E-state index is 0.280. The largest absolute Gasteiger partial charge is 0.481 e. The molecule has 0 aromatic carbocycles. The lowest BCUT2D eigenvalue weighted by molar-refractivity contribution is -0.137. The highest BCUT2D eigenvalue weighted by Gasteiger charge is 1.93. The van der Waals surface area contributed by atoms with Gasteiger partial charge < -0.3 is 5.11 Å². The van der Waals surface area contributed by atoms with Crippen LogP contribution in [0.25, 0.3) is 0 Å². The van der Waals surface area contributed by atoms with Gasteiger partial charge in [-0.1, -0.05) is 79.8 Å². The van der Waals surface area contributed by atoms with Gasteiger partial charge in [-0.25, -0.2) is 0 Å². The van der Waals surface area contributed by atoms with Gasteiger partial charge in [-0.05, 0) is 57.8 Å².